The number of carbonyl (C=O) groups excluding carboxylic acids is 1. The Balaban J connectivity index is 1.79. The number of halogens is 2. The molecule has 1 saturated heterocycles. The lowest BCUT2D eigenvalue weighted by molar-refractivity contribution is -0.123. The minimum atomic E-state index is -2.87. The van der Waals surface area contributed by atoms with E-state index in [-0.39, 0.29) is 17.7 Å². The van der Waals surface area contributed by atoms with Gasteiger partial charge in [0.2, 0.25) is 0 Å². The van der Waals surface area contributed by atoms with Crippen molar-refractivity contribution in [2.45, 2.75) is 19.6 Å². The van der Waals surface area contributed by atoms with E-state index < -0.39 is 6.61 Å². The maximum Gasteiger partial charge on any atom is 0.387 e. The van der Waals surface area contributed by atoms with E-state index in [1.807, 2.05) is 37.3 Å². The van der Waals surface area contributed by atoms with E-state index in [1.54, 1.807) is 18.2 Å². The van der Waals surface area contributed by atoms with Crippen LogP contribution in [0.25, 0.3) is 6.08 Å². The molecule has 0 aliphatic carbocycles. The second-order valence-electron chi connectivity index (χ2n) is 5.70. The number of nitrogens with one attached hydrogen (secondary N) is 1. The van der Waals surface area contributed by atoms with Crippen LogP contribution in [-0.4, -0.2) is 22.5 Å². The molecule has 0 aromatic heterocycles. The maximum absolute atomic E-state index is 12.7. The zero-order valence-corrected chi connectivity index (χ0v) is 14.7. The lowest BCUT2D eigenvalue weighted by Crippen LogP contribution is -2.33. The van der Waals surface area contributed by atoms with E-state index >= 15 is 0 Å². The highest BCUT2D eigenvalue weighted by Gasteiger charge is 2.34. The SMILES string of the molecule is CC(c1ccccc1)N1C(=O)/C(=C/c2ccc(OC(F)F)cc2)NC1=S. The third-order valence-electron chi connectivity index (χ3n) is 4.00. The molecule has 4 nitrogen and oxygen atoms in total. The molecule has 1 aliphatic rings. The summed E-state index contributed by atoms with van der Waals surface area (Å²) in [4.78, 5) is 14.2. The smallest absolute Gasteiger partial charge is 0.387 e. The number of hydrogen-bond acceptors (Lipinski definition) is 3. The van der Waals surface area contributed by atoms with Crippen LogP contribution in [0.15, 0.2) is 60.3 Å². The van der Waals surface area contributed by atoms with E-state index in [1.165, 1.54) is 17.0 Å². The Hall–Kier alpha value is -2.80. The molecule has 0 bridgehead atoms. The summed E-state index contributed by atoms with van der Waals surface area (Å²) in [6.07, 6.45) is 1.62. The van der Waals surface area contributed by atoms with Gasteiger partial charge in [-0.05, 0) is 48.5 Å². The summed E-state index contributed by atoms with van der Waals surface area (Å²) in [6, 6.07) is 15.4. The fourth-order valence-electron chi connectivity index (χ4n) is 2.69. The van der Waals surface area contributed by atoms with Gasteiger partial charge in [0.15, 0.2) is 5.11 Å². The number of nitrogens with zero attached hydrogens (tertiary/aromatic N) is 1. The van der Waals surface area contributed by atoms with Crippen LogP contribution in [0.2, 0.25) is 0 Å². The van der Waals surface area contributed by atoms with Crippen molar-refractivity contribution in [2.24, 2.45) is 0 Å². The number of benzene rings is 2. The highest BCUT2D eigenvalue weighted by atomic mass is 32.1. The van der Waals surface area contributed by atoms with Gasteiger partial charge in [-0.25, -0.2) is 0 Å². The molecule has 0 saturated carbocycles. The van der Waals surface area contributed by atoms with Gasteiger partial charge in [0, 0.05) is 0 Å². The van der Waals surface area contributed by atoms with Gasteiger partial charge in [0.25, 0.3) is 5.91 Å². The predicted molar refractivity (Wildman–Crippen MR) is 98.5 cm³/mol. The van der Waals surface area contributed by atoms with Gasteiger partial charge in [0.05, 0.1) is 6.04 Å². The molecule has 1 heterocycles. The van der Waals surface area contributed by atoms with Crippen molar-refractivity contribution in [3.05, 3.63) is 71.4 Å². The van der Waals surface area contributed by atoms with Crippen molar-refractivity contribution in [3.8, 4) is 5.75 Å². The Kier molecular flexibility index (Phi) is 5.27. The normalized spacial score (nSPS) is 16.9. The quantitative estimate of drug-likeness (QED) is 0.632. The first-order chi connectivity index (χ1) is 12.5. The number of hydrogen-bond donors (Lipinski definition) is 1. The zero-order chi connectivity index (χ0) is 18.7. The maximum atomic E-state index is 12.7. The molecule has 1 atom stereocenters. The van der Waals surface area contributed by atoms with Gasteiger partial charge in [-0.2, -0.15) is 8.78 Å². The highest BCUT2D eigenvalue weighted by molar-refractivity contribution is 7.80. The van der Waals surface area contributed by atoms with Crippen molar-refractivity contribution in [2.75, 3.05) is 0 Å². The third kappa shape index (κ3) is 3.88. The van der Waals surface area contributed by atoms with Crippen LogP contribution >= 0.6 is 12.2 Å². The van der Waals surface area contributed by atoms with Crippen LogP contribution in [0.5, 0.6) is 5.75 Å². The lowest BCUT2D eigenvalue weighted by Gasteiger charge is -2.23. The second-order valence-corrected chi connectivity index (χ2v) is 6.08. The molecule has 2 aromatic rings. The Morgan fingerprint density at radius 2 is 1.77 bits per heavy atom. The molecular weight excluding hydrogens is 358 g/mol. The van der Waals surface area contributed by atoms with Crippen LogP contribution in [0.1, 0.15) is 24.1 Å². The topological polar surface area (TPSA) is 41.6 Å². The van der Waals surface area contributed by atoms with Crippen LogP contribution in [-0.2, 0) is 4.79 Å². The van der Waals surface area contributed by atoms with Crippen molar-refractivity contribution in [3.63, 3.8) is 0 Å². The number of thiocarbonyl (C=S) groups is 1. The van der Waals surface area contributed by atoms with E-state index in [4.69, 9.17) is 12.2 Å². The standard InChI is InChI=1S/C19H16F2N2O2S/c1-12(14-5-3-2-4-6-14)23-17(24)16(22-19(23)26)11-13-7-9-15(10-8-13)25-18(20)21/h2-12,18H,1H3,(H,22,26)/b16-11-. The molecule has 1 amide bonds. The van der Waals surface area contributed by atoms with Gasteiger partial charge in [-0.15, -0.1) is 0 Å². The molecule has 134 valence electrons. The van der Waals surface area contributed by atoms with E-state index in [2.05, 4.69) is 10.1 Å². The summed E-state index contributed by atoms with van der Waals surface area (Å²) >= 11 is 5.31. The molecule has 2 aromatic carbocycles. The zero-order valence-electron chi connectivity index (χ0n) is 13.9. The third-order valence-corrected chi connectivity index (χ3v) is 4.29. The van der Waals surface area contributed by atoms with Crippen LogP contribution in [0.3, 0.4) is 0 Å². The molecule has 1 unspecified atom stereocenters. The van der Waals surface area contributed by atoms with E-state index in [0.717, 1.165) is 5.56 Å². The average Bonchev–Trinajstić information content (AvgIpc) is 2.90. The highest BCUT2D eigenvalue weighted by Crippen LogP contribution is 2.26. The number of amides is 1. The first-order valence-electron chi connectivity index (χ1n) is 7.92. The summed E-state index contributed by atoms with van der Waals surface area (Å²) in [7, 11) is 0. The van der Waals surface area contributed by atoms with Crippen molar-refractivity contribution < 1.29 is 18.3 Å². The van der Waals surface area contributed by atoms with Crippen molar-refractivity contribution >= 4 is 29.3 Å². The summed E-state index contributed by atoms with van der Waals surface area (Å²) in [5.74, 6) is -0.179. The number of ether oxygens (including phenoxy) is 1. The predicted octanol–water partition coefficient (Wildman–Crippen LogP) is 4.11. The van der Waals surface area contributed by atoms with Gasteiger partial charge in [-0.1, -0.05) is 42.5 Å². The van der Waals surface area contributed by atoms with Gasteiger partial charge in [-0.3, -0.25) is 9.69 Å². The molecule has 26 heavy (non-hydrogen) atoms. The van der Waals surface area contributed by atoms with E-state index in [9.17, 15) is 13.6 Å². The molecule has 1 fully saturated rings. The Morgan fingerprint density at radius 3 is 2.38 bits per heavy atom. The van der Waals surface area contributed by atoms with Gasteiger partial charge >= 0.3 is 6.61 Å². The van der Waals surface area contributed by atoms with E-state index in [0.29, 0.717) is 16.4 Å². The summed E-state index contributed by atoms with van der Waals surface area (Å²) in [5, 5.41) is 3.25. The largest absolute Gasteiger partial charge is 0.435 e. The molecule has 1 N–H and O–H groups in total. The fraction of sp³-hybridized carbons (Fsp3) is 0.158. The lowest BCUT2D eigenvalue weighted by atomic mass is 10.1. The number of carbonyl (C=O) groups is 1. The number of alkyl halides is 2. The molecule has 0 spiro atoms. The van der Waals surface area contributed by atoms with Gasteiger partial charge in [0.1, 0.15) is 11.4 Å². The van der Waals surface area contributed by atoms with Crippen molar-refractivity contribution in [1.29, 1.82) is 0 Å². The van der Waals surface area contributed by atoms with Crippen molar-refractivity contribution in [1.82, 2.24) is 10.2 Å². The second kappa shape index (κ2) is 7.61. The molecule has 0 radical (unpaired) electrons. The Labute approximate surface area is 155 Å². The van der Waals surface area contributed by atoms with Crippen LogP contribution in [0.4, 0.5) is 8.78 Å². The molecule has 3 rings (SSSR count). The monoisotopic (exact) mass is 374 g/mol. The summed E-state index contributed by atoms with van der Waals surface area (Å²) in [6.45, 7) is -0.969. The molecule has 1 aliphatic heterocycles. The van der Waals surface area contributed by atoms with Crippen LogP contribution < -0.4 is 10.1 Å². The first-order valence-corrected chi connectivity index (χ1v) is 8.32. The average molecular weight is 374 g/mol. The first kappa shape index (κ1) is 18.0. The minimum absolute atomic E-state index is 0.0581. The van der Waals surface area contributed by atoms with Gasteiger partial charge < -0.3 is 10.1 Å². The minimum Gasteiger partial charge on any atom is -0.435 e. The number of rotatable bonds is 5. The summed E-state index contributed by atoms with van der Waals surface area (Å²) in [5.41, 5.74) is 1.97. The van der Waals surface area contributed by atoms with Crippen LogP contribution in [0, 0.1) is 0 Å². The Morgan fingerprint density at radius 1 is 1.12 bits per heavy atom. The molecular formula is C19H16F2N2O2S. The summed E-state index contributed by atoms with van der Waals surface area (Å²) < 4.78 is 28.7. The fourth-order valence-corrected chi connectivity index (χ4v) is 3.04. The Bertz CT molecular complexity index is 838. The molecule has 7 heteroatoms.